The molecule has 0 amide bonds. The Kier molecular flexibility index (Phi) is 4.02. The highest BCUT2D eigenvalue weighted by Crippen LogP contribution is 2.09. The van der Waals surface area contributed by atoms with Crippen molar-refractivity contribution in [3.63, 3.8) is 0 Å². The van der Waals surface area contributed by atoms with Crippen molar-refractivity contribution in [2.24, 2.45) is 0 Å². The maximum atomic E-state index is 7.62. The number of hydrogen-bond donors (Lipinski definition) is 3. The van der Waals surface area contributed by atoms with E-state index in [0.717, 1.165) is 0 Å². The summed E-state index contributed by atoms with van der Waals surface area (Å²) in [4.78, 5) is 3.12. The van der Waals surface area contributed by atoms with E-state index in [1.165, 1.54) is 10.9 Å². The zero-order chi connectivity index (χ0) is 9.52. The highest BCUT2D eigenvalue weighted by atomic mass is 16.5. The first-order chi connectivity index (χ1) is 6.38. The molecule has 0 fully saturated rings. The van der Waals surface area contributed by atoms with E-state index in [1.807, 2.05) is 30.7 Å². The minimum absolute atomic E-state index is 0.625. The number of para-hydroxylation sites is 1. The fourth-order valence-corrected chi connectivity index (χ4v) is 0.995. The Morgan fingerprint density at radius 2 is 2.00 bits per heavy atom. The summed E-state index contributed by atoms with van der Waals surface area (Å²) in [6.07, 6.45) is 1.95. The molecule has 2 aromatic rings. The van der Waals surface area contributed by atoms with E-state index < -0.39 is 0 Å². The molecule has 3 nitrogen and oxygen atoms in total. The topological polar surface area (TPSA) is 48.0 Å². The molecule has 0 aliphatic heterocycles. The van der Waals surface area contributed by atoms with Crippen LogP contribution in [0.3, 0.4) is 0 Å². The van der Waals surface area contributed by atoms with Gasteiger partial charge in [0.1, 0.15) is 0 Å². The van der Waals surface area contributed by atoms with Crippen molar-refractivity contribution < 1.29 is 5.21 Å². The summed E-state index contributed by atoms with van der Waals surface area (Å²) < 4.78 is 0. The zero-order valence-electron chi connectivity index (χ0n) is 7.62. The first-order valence-corrected chi connectivity index (χ1v) is 4.27. The van der Waals surface area contributed by atoms with Crippen LogP contribution in [0.15, 0.2) is 36.5 Å². The van der Waals surface area contributed by atoms with Gasteiger partial charge in [-0.05, 0) is 17.5 Å². The van der Waals surface area contributed by atoms with Gasteiger partial charge in [-0.1, -0.05) is 25.1 Å². The van der Waals surface area contributed by atoms with E-state index in [1.54, 1.807) is 0 Å². The summed E-state index contributed by atoms with van der Waals surface area (Å²) in [7, 11) is 0. The van der Waals surface area contributed by atoms with E-state index >= 15 is 0 Å². The quantitative estimate of drug-likeness (QED) is 0.586. The minimum Gasteiger partial charge on any atom is -0.361 e. The Bertz CT molecular complexity index is 311. The Morgan fingerprint density at radius 1 is 1.31 bits per heavy atom. The van der Waals surface area contributed by atoms with Crippen LogP contribution in [0.2, 0.25) is 0 Å². The minimum atomic E-state index is 0.625. The molecule has 0 bridgehead atoms. The van der Waals surface area contributed by atoms with Crippen LogP contribution in [0.4, 0.5) is 0 Å². The van der Waals surface area contributed by atoms with Crippen molar-refractivity contribution in [3.05, 3.63) is 36.5 Å². The number of fused-ring (bicyclic) bond motifs is 1. The molecule has 0 aliphatic rings. The molecule has 2 rings (SSSR count). The van der Waals surface area contributed by atoms with Gasteiger partial charge in [0.15, 0.2) is 0 Å². The van der Waals surface area contributed by atoms with Gasteiger partial charge in [-0.15, -0.1) is 0 Å². The molecular formula is C10H14N2O. The Morgan fingerprint density at radius 3 is 2.62 bits per heavy atom. The lowest BCUT2D eigenvalue weighted by Crippen LogP contribution is -2.02. The van der Waals surface area contributed by atoms with E-state index in [9.17, 15) is 0 Å². The molecule has 13 heavy (non-hydrogen) atoms. The van der Waals surface area contributed by atoms with Gasteiger partial charge in [0.25, 0.3) is 0 Å². The molecule has 0 saturated heterocycles. The molecule has 0 aliphatic carbocycles. The van der Waals surface area contributed by atoms with Gasteiger partial charge >= 0.3 is 0 Å². The van der Waals surface area contributed by atoms with Crippen molar-refractivity contribution in [1.29, 1.82) is 0 Å². The Hall–Kier alpha value is -1.32. The second kappa shape index (κ2) is 5.35. The van der Waals surface area contributed by atoms with Crippen LogP contribution in [0, 0.1) is 0 Å². The fourth-order valence-electron chi connectivity index (χ4n) is 0.995. The molecule has 3 heteroatoms. The Balaban J connectivity index is 0.000000184. The Labute approximate surface area is 77.4 Å². The number of hydrogen-bond acceptors (Lipinski definition) is 2. The van der Waals surface area contributed by atoms with Gasteiger partial charge in [-0.3, -0.25) is 0 Å². The smallest absolute Gasteiger partial charge is 0.0453 e. The van der Waals surface area contributed by atoms with Crippen LogP contribution in [0.25, 0.3) is 10.9 Å². The second-order valence-corrected chi connectivity index (χ2v) is 2.58. The van der Waals surface area contributed by atoms with Crippen molar-refractivity contribution in [3.8, 4) is 0 Å². The molecule has 1 heterocycles. The number of aromatic amines is 1. The number of hydroxylamine groups is 1. The van der Waals surface area contributed by atoms with E-state index in [4.69, 9.17) is 5.21 Å². The molecule has 0 radical (unpaired) electrons. The van der Waals surface area contributed by atoms with E-state index in [2.05, 4.69) is 23.2 Å². The predicted molar refractivity (Wildman–Crippen MR) is 53.8 cm³/mol. The lowest BCUT2D eigenvalue weighted by atomic mass is 10.3. The monoisotopic (exact) mass is 178 g/mol. The van der Waals surface area contributed by atoms with E-state index in [-0.39, 0.29) is 0 Å². The lowest BCUT2D eigenvalue weighted by molar-refractivity contribution is 0.173. The van der Waals surface area contributed by atoms with Crippen LogP contribution in [0.1, 0.15) is 6.92 Å². The molecule has 3 N–H and O–H groups in total. The summed E-state index contributed by atoms with van der Waals surface area (Å²) in [5, 5.41) is 8.90. The predicted octanol–water partition coefficient (Wildman–Crippen LogP) is 2.15. The number of aromatic nitrogens is 1. The van der Waals surface area contributed by atoms with Crippen LogP contribution in [0.5, 0.6) is 0 Å². The SMILES string of the molecule is CCNO.c1ccc2[nH]ccc2c1. The van der Waals surface area contributed by atoms with Gasteiger partial charge in [0.05, 0.1) is 0 Å². The van der Waals surface area contributed by atoms with E-state index in [0.29, 0.717) is 6.54 Å². The highest BCUT2D eigenvalue weighted by Gasteiger charge is 1.86. The number of H-pyrrole nitrogens is 1. The number of nitrogens with one attached hydrogen (secondary N) is 2. The summed E-state index contributed by atoms with van der Waals surface area (Å²) >= 11 is 0. The van der Waals surface area contributed by atoms with Crippen molar-refractivity contribution >= 4 is 10.9 Å². The summed E-state index contributed by atoms with van der Waals surface area (Å²) in [5.74, 6) is 0. The maximum absolute atomic E-state index is 7.62. The van der Waals surface area contributed by atoms with Crippen molar-refractivity contribution in [1.82, 2.24) is 10.5 Å². The molecule has 0 spiro atoms. The average molecular weight is 178 g/mol. The lowest BCUT2D eigenvalue weighted by Gasteiger charge is -1.83. The number of rotatable bonds is 1. The largest absolute Gasteiger partial charge is 0.361 e. The van der Waals surface area contributed by atoms with Crippen molar-refractivity contribution in [2.45, 2.75) is 6.92 Å². The molecule has 1 aromatic carbocycles. The second-order valence-electron chi connectivity index (χ2n) is 2.58. The molecule has 0 saturated carbocycles. The zero-order valence-corrected chi connectivity index (χ0v) is 7.62. The molecule has 70 valence electrons. The molecule has 1 aromatic heterocycles. The standard InChI is InChI=1S/C8H7N.C2H7NO/c1-2-4-8-7(3-1)5-6-9-8;1-2-3-4/h1-6,9H;3-4H,2H2,1H3. The molecular weight excluding hydrogens is 164 g/mol. The van der Waals surface area contributed by atoms with Crippen LogP contribution in [-0.4, -0.2) is 16.7 Å². The van der Waals surface area contributed by atoms with Gasteiger partial charge in [-0.2, -0.15) is 0 Å². The molecule has 0 atom stereocenters. The van der Waals surface area contributed by atoms with Gasteiger partial charge in [0, 0.05) is 18.3 Å². The third kappa shape index (κ3) is 2.89. The molecule has 0 unspecified atom stereocenters. The normalized spacial score (nSPS) is 9.38. The fraction of sp³-hybridized carbons (Fsp3) is 0.200. The first-order valence-electron chi connectivity index (χ1n) is 4.27. The third-order valence-corrected chi connectivity index (χ3v) is 1.62. The van der Waals surface area contributed by atoms with Crippen LogP contribution in [-0.2, 0) is 0 Å². The van der Waals surface area contributed by atoms with Crippen LogP contribution < -0.4 is 5.48 Å². The summed E-state index contributed by atoms with van der Waals surface area (Å²) in [6.45, 7) is 2.44. The highest BCUT2D eigenvalue weighted by molar-refractivity contribution is 5.78. The van der Waals surface area contributed by atoms with Gasteiger partial charge < -0.3 is 10.2 Å². The van der Waals surface area contributed by atoms with Gasteiger partial charge in [0.2, 0.25) is 0 Å². The van der Waals surface area contributed by atoms with Crippen molar-refractivity contribution in [2.75, 3.05) is 6.54 Å². The van der Waals surface area contributed by atoms with Gasteiger partial charge in [-0.25, -0.2) is 5.48 Å². The van der Waals surface area contributed by atoms with Crippen LogP contribution >= 0.6 is 0 Å². The average Bonchev–Trinajstić information content (AvgIpc) is 2.66. The summed E-state index contributed by atoms with van der Waals surface area (Å²) in [6, 6.07) is 10.3. The third-order valence-electron chi connectivity index (χ3n) is 1.62. The maximum Gasteiger partial charge on any atom is 0.0453 e. The number of benzene rings is 1. The first kappa shape index (κ1) is 9.77. The summed E-state index contributed by atoms with van der Waals surface area (Å²) in [5.41, 5.74) is 3.14.